The lowest BCUT2D eigenvalue weighted by Gasteiger charge is -2.12. The van der Waals surface area contributed by atoms with E-state index in [-0.39, 0.29) is 17.4 Å². The Balaban J connectivity index is 2.93. The molecule has 1 unspecified atom stereocenters. The van der Waals surface area contributed by atoms with Crippen molar-refractivity contribution >= 4 is 0 Å². The maximum atomic E-state index is 9.45. The second kappa shape index (κ2) is 4.11. The van der Waals surface area contributed by atoms with Crippen molar-refractivity contribution in [1.82, 2.24) is 0 Å². The van der Waals surface area contributed by atoms with Crippen molar-refractivity contribution in [3.63, 3.8) is 0 Å². The molecule has 4 nitrogen and oxygen atoms in total. The largest absolute Gasteiger partial charge is 0.504 e. The van der Waals surface area contributed by atoms with Gasteiger partial charge in [0.2, 0.25) is 0 Å². The molecule has 0 fully saturated rings. The summed E-state index contributed by atoms with van der Waals surface area (Å²) in [5.74, 6) is 4.64. The Morgan fingerprint density at radius 1 is 1.46 bits per heavy atom. The van der Waals surface area contributed by atoms with Crippen molar-refractivity contribution in [1.29, 1.82) is 0 Å². The number of hydrogen-bond acceptors (Lipinski definition) is 4. The van der Waals surface area contributed by atoms with Crippen LogP contribution in [0.2, 0.25) is 0 Å². The minimum Gasteiger partial charge on any atom is -0.504 e. The molecule has 1 aromatic rings. The van der Waals surface area contributed by atoms with Gasteiger partial charge in [-0.05, 0) is 6.07 Å². The summed E-state index contributed by atoms with van der Waals surface area (Å²) in [4.78, 5) is 4.46. The molecule has 0 saturated heterocycles. The summed E-state index contributed by atoms with van der Waals surface area (Å²) in [6, 6.07) is 4.81. The Hall–Kier alpha value is -1.26. The van der Waals surface area contributed by atoms with Crippen molar-refractivity contribution < 1.29 is 15.1 Å². The Morgan fingerprint density at radius 2 is 2.15 bits per heavy atom. The van der Waals surface area contributed by atoms with Gasteiger partial charge in [0.05, 0.1) is 6.61 Å². The fourth-order valence-electron chi connectivity index (χ4n) is 1.18. The first-order valence-corrected chi connectivity index (χ1v) is 3.99. The average molecular weight is 183 g/mol. The number of para-hydroxylation sites is 1. The highest BCUT2D eigenvalue weighted by Crippen LogP contribution is 2.33. The monoisotopic (exact) mass is 183 g/mol. The highest BCUT2D eigenvalue weighted by atomic mass is 16.6. The lowest BCUT2D eigenvalue weighted by molar-refractivity contribution is 0.126. The lowest BCUT2D eigenvalue weighted by atomic mass is 10.0. The van der Waals surface area contributed by atoms with Crippen molar-refractivity contribution in [3.05, 3.63) is 23.8 Å². The topological polar surface area (TPSA) is 75.7 Å². The SMILES string of the molecule is CC(CON)c1cccc(O)c1O. The molecule has 0 aliphatic heterocycles. The number of phenolic OH excluding ortho intramolecular Hbond substituents is 2. The molecule has 13 heavy (non-hydrogen) atoms. The Morgan fingerprint density at radius 3 is 2.77 bits per heavy atom. The molecule has 0 heterocycles. The molecule has 72 valence electrons. The van der Waals surface area contributed by atoms with Crippen LogP contribution in [0, 0.1) is 0 Å². The van der Waals surface area contributed by atoms with E-state index in [1.165, 1.54) is 6.07 Å². The molecule has 4 N–H and O–H groups in total. The average Bonchev–Trinajstić information content (AvgIpc) is 2.10. The molecule has 1 atom stereocenters. The van der Waals surface area contributed by atoms with E-state index < -0.39 is 0 Å². The number of nitrogens with two attached hydrogens (primary N) is 1. The van der Waals surface area contributed by atoms with E-state index in [4.69, 9.17) is 5.90 Å². The molecule has 0 aliphatic rings. The normalized spacial score (nSPS) is 12.8. The molecule has 0 amide bonds. The molecule has 4 heteroatoms. The number of benzene rings is 1. The zero-order chi connectivity index (χ0) is 9.84. The van der Waals surface area contributed by atoms with Gasteiger partial charge in [0.1, 0.15) is 0 Å². The third-order valence-electron chi connectivity index (χ3n) is 1.92. The van der Waals surface area contributed by atoms with Crippen LogP contribution in [0.15, 0.2) is 18.2 Å². The van der Waals surface area contributed by atoms with Crippen molar-refractivity contribution in [2.45, 2.75) is 12.8 Å². The van der Waals surface area contributed by atoms with Crippen LogP contribution in [0.25, 0.3) is 0 Å². The maximum absolute atomic E-state index is 9.45. The summed E-state index contributed by atoms with van der Waals surface area (Å²) < 4.78 is 0. The third kappa shape index (κ3) is 2.11. The highest BCUT2D eigenvalue weighted by Gasteiger charge is 2.12. The predicted octanol–water partition coefficient (Wildman–Crippen LogP) is 1.09. The first-order chi connectivity index (χ1) is 6.16. The van der Waals surface area contributed by atoms with Crippen LogP contribution in [0.4, 0.5) is 0 Å². The zero-order valence-electron chi connectivity index (χ0n) is 7.40. The van der Waals surface area contributed by atoms with Gasteiger partial charge in [-0.3, -0.25) is 0 Å². The molecule has 0 aliphatic carbocycles. The van der Waals surface area contributed by atoms with Gasteiger partial charge in [-0.1, -0.05) is 19.1 Å². The first kappa shape index (κ1) is 9.83. The van der Waals surface area contributed by atoms with Gasteiger partial charge >= 0.3 is 0 Å². The summed E-state index contributed by atoms with van der Waals surface area (Å²) >= 11 is 0. The second-order valence-corrected chi connectivity index (χ2v) is 2.95. The molecule has 0 saturated carbocycles. The summed E-state index contributed by atoms with van der Waals surface area (Å²) in [5, 5.41) is 18.6. The predicted molar refractivity (Wildman–Crippen MR) is 48.3 cm³/mol. The third-order valence-corrected chi connectivity index (χ3v) is 1.92. The standard InChI is InChI=1S/C9H13NO3/c1-6(5-13-10)7-3-2-4-8(11)9(7)12/h2-4,6,11-12H,5,10H2,1H3. The Kier molecular flexibility index (Phi) is 3.11. The van der Waals surface area contributed by atoms with Gasteiger partial charge in [-0.25, -0.2) is 5.90 Å². The van der Waals surface area contributed by atoms with Crippen LogP contribution >= 0.6 is 0 Å². The molecular weight excluding hydrogens is 170 g/mol. The van der Waals surface area contributed by atoms with Crippen LogP contribution in [-0.4, -0.2) is 16.8 Å². The summed E-state index contributed by atoms with van der Waals surface area (Å²) in [5.41, 5.74) is 0.630. The quantitative estimate of drug-likeness (QED) is 0.484. The smallest absolute Gasteiger partial charge is 0.161 e. The van der Waals surface area contributed by atoms with E-state index >= 15 is 0 Å². The van der Waals surface area contributed by atoms with Gasteiger partial charge in [-0.2, -0.15) is 0 Å². The minimum absolute atomic E-state index is 0.0444. The van der Waals surface area contributed by atoms with E-state index in [0.717, 1.165) is 0 Å². The zero-order valence-corrected chi connectivity index (χ0v) is 7.40. The Labute approximate surface area is 76.5 Å². The fourth-order valence-corrected chi connectivity index (χ4v) is 1.18. The molecule has 0 radical (unpaired) electrons. The summed E-state index contributed by atoms with van der Waals surface area (Å²) in [6.07, 6.45) is 0. The van der Waals surface area contributed by atoms with Gasteiger partial charge in [0.15, 0.2) is 11.5 Å². The van der Waals surface area contributed by atoms with Crippen LogP contribution in [0.3, 0.4) is 0 Å². The molecule has 0 bridgehead atoms. The lowest BCUT2D eigenvalue weighted by Crippen LogP contribution is -2.08. The van der Waals surface area contributed by atoms with Crippen molar-refractivity contribution in [2.75, 3.05) is 6.61 Å². The maximum Gasteiger partial charge on any atom is 0.161 e. The van der Waals surface area contributed by atoms with Crippen LogP contribution in [0.5, 0.6) is 11.5 Å². The van der Waals surface area contributed by atoms with Crippen molar-refractivity contribution in [3.8, 4) is 11.5 Å². The van der Waals surface area contributed by atoms with Gasteiger partial charge in [-0.15, -0.1) is 0 Å². The summed E-state index contributed by atoms with van der Waals surface area (Å²) in [6.45, 7) is 2.15. The van der Waals surface area contributed by atoms with Crippen LogP contribution in [-0.2, 0) is 4.84 Å². The highest BCUT2D eigenvalue weighted by molar-refractivity contribution is 5.45. The second-order valence-electron chi connectivity index (χ2n) is 2.95. The van der Waals surface area contributed by atoms with Gasteiger partial charge in [0, 0.05) is 11.5 Å². The van der Waals surface area contributed by atoms with Crippen molar-refractivity contribution in [2.24, 2.45) is 5.90 Å². The molecule has 0 spiro atoms. The van der Waals surface area contributed by atoms with E-state index in [2.05, 4.69) is 4.84 Å². The number of hydrogen-bond donors (Lipinski definition) is 3. The van der Waals surface area contributed by atoms with Crippen LogP contribution < -0.4 is 5.90 Å². The van der Waals surface area contributed by atoms with Gasteiger partial charge in [0.25, 0.3) is 0 Å². The molecule has 1 aromatic carbocycles. The fraction of sp³-hybridized carbons (Fsp3) is 0.333. The van der Waals surface area contributed by atoms with Gasteiger partial charge < -0.3 is 15.1 Å². The molecular formula is C9H13NO3. The number of rotatable bonds is 3. The van der Waals surface area contributed by atoms with E-state index in [0.29, 0.717) is 12.2 Å². The van der Waals surface area contributed by atoms with E-state index in [1.54, 1.807) is 12.1 Å². The number of phenols is 2. The molecule has 1 rings (SSSR count). The first-order valence-electron chi connectivity index (χ1n) is 3.99. The molecule has 0 aromatic heterocycles. The summed E-state index contributed by atoms with van der Waals surface area (Å²) in [7, 11) is 0. The van der Waals surface area contributed by atoms with Crippen LogP contribution in [0.1, 0.15) is 18.4 Å². The Bertz CT molecular complexity index is 288. The van der Waals surface area contributed by atoms with E-state index in [1.807, 2.05) is 6.92 Å². The number of aromatic hydroxyl groups is 2. The van der Waals surface area contributed by atoms with E-state index in [9.17, 15) is 10.2 Å². The minimum atomic E-state index is -0.124.